The highest BCUT2D eigenvalue weighted by atomic mass is 32.2. The highest BCUT2D eigenvalue weighted by Gasteiger charge is 2.28. The van der Waals surface area contributed by atoms with Gasteiger partial charge in [0.2, 0.25) is 10.0 Å². The average molecular weight is 331 g/mol. The van der Waals surface area contributed by atoms with Crippen molar-refractivity contribution < 1.29 is 8.42 Å². The fourth-order valence-electron chi connectivity index (χ4n) is 2.51. The molecule has 6 heteroatoms. The van der Waals surface area contributed by atoms with E-state index in [0.29, 0.717) is 10.1 Å². The van der Waals surface area contributed by atoms with E-state index in [1.807, 2.05) is 13.8 Å². The molecule has 0 radical (unpaired) electrons. The predicted molar refractivity (Wildman–Crippen MR) is 88.2 cm³/mol. The number of hydrogen-bond donors (Lipinski definition) is 2. The predicted octanol–water partition coefficient (Wildman–Crippen LogP) is 3.02. The third kappa shape index (κ3) is 4.28. The van der Waals surface area contributed by atoms with Crippen LogP contribution in [0.1, 0.15) is 50.0 Å². The Kier molecular flexibility index (Phi) is 5.82. The molecule has 4 nitrogen and oxygen atoms in total. The second kappa shape index (κ2) is 7.22. The molecule has 1 atom stereocenters. The van der Waals surface area contributed by atoms with Crippen LogP contribution in [0.4, 0.5) is 0 Å². The summed E-state index contributed by atoms with van der Waals surface area (Å²) < 4.78 is 28.2. The van der Waals surface area contributed by atoms with E-state index in [1.165, 1.54) is 17.8 Å². The van der Waals surface area contributed by atoms with Gasteiger partial charge in [-0.1, -0.05) is 13.3 Å². The van der Waals surface area contributed by atoms with Gasteiger partial charge in [0.1, 0.15) is 4.21 Å². The van der Waals surface area contributed by atoms with Crippen LogP contribution in [0.5, 0.6) is 0 Å². The van der Waals surface area contributed by atoms with Crippen LogP contribution in [-0.2, 0) is 16.6 Å². The summed E-state index contributed by atoms with van der Waals surface area (Å²) in [5, 5.41) is 3.33. The van der Waals surface area contributed by atoms with Crippen molar-refractivity contribution in [3.8, 4) is 0 Å². The maximum atomic E-state index is 12.5. The number of nitrogens with one attached hydrogen (secondary N) is 2. The molecule has 21 heavy (non-hydrogen) atoms. The third-order valence-electron chi connectivity index (χ3n) is 4.17. The molecule has 1 saturated carbocycles. The van der Waals surface area contributed by atoms with E-state index in [2.05, 4.69) is 17.0 Å². The third-order valence-corrected chi connectivity index (χ3v) is 7.44. The zero-order valence-electron chi connectivity index (χ0n) is 13.1. The first-order valence-corrected chi connectivity index (χ1v) is 10.1. The van der Waals surface area contributed by atoms with E-state index in [9.17, 15) is 8.42 Å². The van der Waals surface area contributed by atoms with E-state index in [0.717, 1.165) is 42.8 Å². The van der Waals surface area contributed by atoms with Crippen molar-refractivity contribution in [2.45, 2.75) is 63.3 Å². The van der Waals surface area contributed by atoms with Crippen molar-refractivity contribution in [2.24, 2.45) is 5.92 Å². The zero-order chi connectivity index (χ0) is 15.5. The Balaban J connectivity index is 2.03. The molecular weight excluding hydrogens is 304 g/mol. The number of rotatable bonds is 8. The lowest BCUT2D eigenvalue weighted by atomic mass is 9.81. The van der Waals surface area contributed by atoms with Gasteiger partial charge in [-0.15, -0.1) is 11.3 Å². The average Bonchev–Trinajstić information content (AvgIpc) is 2.69. The van der Waals surface area contributed by atoms with Crippen LogP contribution in [0.2, 0.25) is 0 Å². The van der Waals surface area contributed by atoms with Crippen molar-refractivity contribution in [2.75, 3.05) is 6.54 Å². The monoisotopic (exact) mass is 330 g/mol. The van der Waals surface area contributed by atoms with Crippen molar-refractivity contribution in [1.29, 1.82) is 0 Å². The number of aryl methyl sites for hydroxylation is 1. The van der Waals surface area contributed by atoms with Gasteiger partial charge >= 0.3 is 0 Å². The van der Waals surface area contributed by atoms with E-state index < -0.39 is 10.0 Å². The summed E-state index contributed by atoms with van der Waals surface area (Å²) in [7, 11) is -3.37. The van der Waals surface area contributed by atoms with E-state index in [-0.39, 0.29) is 6.04 Å². The molecule has 2 rings (SSSR count). The summed E-state index contributed by atoms with van der Waals surface area (Å²) >= 11 is 1.38. The molecule has 0 aliphatic heterocycles. The van der Waals surface area contributed by atoms with Gasteiger partial charge in [-0.25, -0.2) is 13.1 Å². The minimum Gasteiger partial charge on any atom is -0.312 e. The summed E-state index contributed by atoms with van der Waals surface area (Å²) in [6.45, 7) is 7.78. The number of thiophene rings is 1. The quantitative estimate of drug-likeness (QED) is 0.720. The molecular formula is C15H26N2O2S2. The normalized spacial score (nSPS) is 17.7. The molecule has 1 aliphatic rings. The molecule has 0 saturated heterocycles. The Morgan fingerprint density at radius 1 is 1.43 bits per heavy atom. The fourth-order valence-corrected chi connectivity index (χ4v) is 5.40. The van der Waals surface area contributed by atoms with Gasteiger partial charge in [-0.3, -0.25) is 0 Å². The summed E-state index contributed by atoms with van der Waals surface area (Å²) in [6.07, 6.45) is 4.58. The van der Waals surface area contributed by atoms with Crippen molar-refractivity contribution >= 4 is 21.4 Å². The summed E-state index contributed by atoms with van der Waals surface area (Å²) in [6, 6.07) is 1.83. The highest BCUT2D eigenvalue weighted by molar-refractivity contribution is 7.91. The lowest BCUT2D eigenvalue weighted by Gasteiger charge is -2.31. The Morgan fingerprint density at radius 2 is 2.14 bits per heavy atom. The minimum atomic E-state index is -3.37. The van der Waals surface area contributed by atoms with Gasteiger partial charge in [0.15, 0.2) is 0 Å². The lowest BCUT2D eigenvalue weighted by molar-refractivity contribution is 0.260. The summed E-state index contributed by atoms with van der Waals surface area (Å²) in [5.74, 6) is 0.506. The van der Waals surface area contributed by atoms with Crippen LogP contribution in [-0.4, -0.2) is 21.0 Å². The van der Waals surface area contributed by atoms with Gasteiger partial charge in [-0.05, 0) is 57.2 Å². The topological polar surface area (TPSA) is 58.2 Å². The molecule has 0 spiro atoms. The summed E-state index contributed by atoms with van der Waals surface area (Å²) in [5.41, 5.74) is 1.06. The van der Waals surface area contributed by atoms with E-state index in [1.54, 1.807) is 6.07 Å². The molecule has 0 bridgehead atoms. The van der Waals surface area contributed by atoms with Crippen LogP contribution in [0.3, 0.4) is 0 Å². The maximum Gasteiger partial charge on any atom is 0.250 e. The van der Waals surface area contributed by atoms with Gasteiger partial charge in [0.25, 0.3) is 0 Å². The molecule has 1 aromatic rings. The Hall–Kier alpha value is -0.430. The molecule has 1 aliphatic carbocycles. The zero-order valence-corrected chi connectivity index (χ0v) is 14.7. The number of hydrogen-bond acceptors (Lipinski definition) is 4. The molecule has 0 aromatic carbocycles. The fraction of sp³-hybridized carbons (Fsp3) is 0.733. The Bertz CT molecular complexity index is 562. The minimum absolute atomic E-state index is 0.0350. The largest absolute Gasteiger partial charge is 0.312 e. The Labute approximate surface area is 132 Å². The standard InChI is InChI=1S/C15H26N2O2S2/c1-4-8-16-10-14-11(2)9-15(20-14)21(18,19)17-12(3)13-6-5-7-13/h9,12-13,16-17H,4-8,10H2,1-3H3. The summed E-state index contributed by atoms with van der Waals surface area (Å²) in [4.78, 5) is 1.11. The van der Waals surface area contributed by atoms with Crippen LogP contribution in [0.15, 0.2) is 10.3 Å². The van der Waals surface area contributed by atoms with Gasteiger partial charge in [0, 0.05) is 17.5 Å². The maximum absolute atomic E-state index is 12.5. The first-order valence-electron chi connectivity index (χ1n) is 7.76. The van der Waals surface area contributed by atoms with Crippen LogP contribution in [0.25, 0.3) is 0 Å². The SMILES string of the molecule is CCCNCc1sc(S(=O)(=O)NC(C)C2CCC2)cc1C. The van der Waals surface area contributed by atoms with E-state index in [4.69, 9.17) is 0 Å². The smallest absolute Gasteiger partial charge is 0.250 e. The van der Waals surface area contributed by atoms with Crippen molar-refractivity contribution in [3.05, 3.63) is 16.5 Å². The highest BCUT2D eigenvalue weighted by Crippen LogP contribution is 2.31. The van der Waals surface area contributed by atoms with Gasteiger partial charge in [0.05, 0.1) is 0 Å². The van der Waals surface area contributed by atoms with Crippen LogP contribution < -0.4 is 10.0 Å². The second-order valence-electron chi connectivity index (χ2n) is 5.95. The molecule has 1 heterocycles. The molecule has 2 N–H and O–H groups in total. The van der Waals surface area contributed by atoms with Crippen LogP contribution >= 0.6 is 11.3 Å². The number of sulfonamides is 1. The van der Waals surface area contributed by atoms with E-state index >= 15 is 0 Å². The molecule has 1 fully saturated rings. The second-order valence-corrected chi connectivity index (χ2v) is 9.03. The first kappa shape index (κ1) is 16.9. The van der Waals surface area contributed by atoms with Gasteiger partial charge < -0.3 is 5.32 Å². The van der Waals surface area contributed by atoms with Crippen molar-refractivity contribution in [3.63, 3.8) is 0 Å². The van der Waals surface area contributed by atoms with Gasteiger partial charge in [-0.2, -0.15) is 0 Å². The lowest BCUT2D eigenvalue weighted by Crippen LogP contribution is -2.40. The molecule has 120 valence electrons. The van der Waals surface area contributed by atoms with Crippen molar-refractivity contribution in [1.82, 2.24) is 10.0 Å². The molecule has 1 aromatic heterocycles. The molecule has 1 unspecified atom stereocenters. The van der Waals surface area contributed by atoms with Crippen LogP contribution in [0, 0.1) is 12.8 Å². The molecule has 0 amide bonds. The first-order chi connectivity index (χ1) is 9.94. The Morgan fingerprint density at radius 3 is 2.71 bits per heavy atom.